The first-order valence-electron chi connectivity index (χ1n) is 7.63. The summed E-state index contributed by atoms with van der Waals surface area (Å²) in [5, 5.41) is 27.2. The molecular weight excluding hydrogens is 361 g/mol. The molecule has 0 aliphatic rings. The van der Waals surface area contributed by atoms with Crippen LogP contribution in [0.1, 0.15) is 18.5 Å². The van der Waals surface area contributed by atoms with Gasteiger partial charge in [-0.1, -0.05) is 30.3 Å². The molecule has 2 aromatic carbocycles. The topological polar surface area (TPSA) is 124 Å². The van der Waals surface area contributed by atoms with Crippen LogP contribution in [-0.2, 0) is 9.59 Å². The largest absolute Gasteiger partial charge is 1.00 e. The van der Waals surface area contributed by atoms with Crippen molar-refractivity contribution in [1.82, 2.24) is 5.32 Å². The normalized spacial score (nSPS) is 11.7. The van der Waals surface area contributed by atoms with Crippen LogP contribution in [0, 0.1) is 10.1 Å². The number of nitrogens with zero attached hydrogens (tertiary/aromatic N) is 1. The number of benzene rings is 2. The molecule has 134 valence electrons. The maximum absolute atomic E-state index is 12.0. The molecule has 0 aliphatic carbocycles. The van der Waals surface area contributed by atoms with E-state index in [1.54, 1.807) is 37.3 Å². The van der Waals surface area contributed by atoms with Crippen LogP contribution in [0.3, 0.4) is 0 Å². The summed E-state index contributed by atoms with van der Waals surface area (Å²) >= 11 is 0. The molecule has 0 radical (unpaired) electrons. The number of nitrogens with one attached hydrogen (secondary N) is 2. The van der Waals surface area contributed by atoms with Crippen LogP contribution in [-0.4, -0.2) is 16.8 Å². The van der Waals surface area contributed by atoms with E-state index in [1.165, 1.54) is 30.3 Å². The molecule has 0 saturated carbocycles. The van der Waals surface area contributed by atoms with E-state index in [2.05, 4.69) is 10.6 Å². The molecule has 0 heterocycles. The van der Waals surface area contributed by atoms with Crippen LogP contribution >= 0.6 is 0 Å². The Morgan fingerprint density at radius 1 is 1.07 bits per heavy atom. The number of anilines is 1. The van der Waals surface area contributed by atoms with Crippen LogP contribution in [0.4, 0.5) is 11.4 Å². The predicted molar refractivity (Wildman–Crippen MR) is 92.8 cm³/mol. The average Bonchev–Trinajstić information content (AvgIpc) is 2.60. The van der Waals surface area contributed by atoms with E-state index in [0.717, 1.165) is 0 Å². The first kappa shape index (κ1) is 22.4. The molecule has 2 aromatic rings. The van der Waals surface area contributed by atoms with Crippen molar-refractivity contribution in [3.8, 4) is 0 Å². The number of allylic oxidation sites excluding steroid dienone is 1. The average molecular weight is 377 g/mol. The molecule has 0 unspecified atom stereocenters. The van der Waals surface area contributed by atoms with Gasteiger partial charge in [-0.05, 0) is 24.6 Å². The van der Waals surface area contributed by atoms with E-state index in [-0.39, 0.29) is 35.2 Å². The van der Waals surface area contributed by atoms with Crippen LogP contribution in [0.25, 0.3) is 0 Å². The van der Waals surface area contributed by atoms with E-state index >= 15 is 0 Å². The summed E-state index contributed by atoms with van der Waals surface area (Å²) in [6.07, 6.45) is 1.19. The van der Waals surface area contributed by atoms with Crippen molar-refractivity contribution < 1.29 is 49.2 Å². The zero-order valence-electron chi connectivity index (χ0n) is 14.8. The molecule has 0 aromatic heterocycles. The van der Waals surface area contributed by atoms with Crippen LogP contribution in [0.5, 0.6) is 0 Å². The van der Waals surface area contributed by atoms with Gasteiger partial charge in [0.2, 0.25) is 5.91 Å². The van der Waals surface area contributed by atoms with Crippen LogP contribution in [0.2, 0.25) is 0 Å². The van der Waals surface area contributed by atoms with Gasteiger partial charge in [-0.25, -0.2) is 0 Å². The number of hydrogen-bond acceptors (Lipinski definition) is 6. The fourth-order valence-corrected chi connectivity index (χ4v) is 2.23. The maximum Gasteiger partial charge on any atom is 1.00 e. The molecular formula is C18H16N3NaO5. The Hall–Kier alpha value is -2.68. The standard InChI is InChI=1S/C18H17N3O5.Na/c1-12(19-17(18(23)24)13-5-3-2-4-6-13)11-16(22)20-14-7-9-15(10-8-14)21(25)26;/h2-11,17,19H,1H3,(H,20,22)(H,23,24);/q;+1/p-1/t17-;/m1./s1. The fraction of sp³-hybridized carbons (Fsp3) is 0.111. The number of carbonyl (C=O) groups excluding carboxylic acids is 2. The Labute approximate surface area is 177 Å². The van der Waals surface area contributed by atoms with E-state index in [4.69, 9.17) is 0 Å². The number of carboxylic acid groups (broad SMARTS) is 1. The zero-order valence-corrected chi connectivity index (χ0v) is 16.8. The predicted octanol–water partition coefficient (Wildman–Crippen LogP) is -1.48. The second-order valence-corrected chi connectivity index (χ2v) is 5.43. The minimum Gasteiger partial charge on any atom is -0.548 e. The Morgan fingerprint density at radius 2 is 1.67 bits per heavy atom. The Balaban J connectivity index is 0.00000364. The Kier molecular flexibility index (Phi) is 8.67. The summed E-state index contributed by atoms with van der Waals surface area (Å²) < 4.78 is 0. The minimum atomic E-state index is -1.32. The number of carboxylic acids is 1. The molecule has 9 heteroatoms. The summed E-state index contributed by atoms with van der Waals surface area (Å²) in [5.41, 5.74) is 1.11. The molecule has 27 heavy (non-hydrogen) atoms. The minimum absolute atomic E-state index is 0. The second-order valence-electron chi connectivity index (χ2n) is 5.43. The van der Waals surface area contributed by atoms with Gasteiger partial charge in [-0.2, -0.15) is 0 Å². The third-order valence-electron chi connectivity index (χ3n) is 3.43. The van der Waals surface area contributed by atoms with E-state index in [9.17, 15) is 24.8 Å². The third-order valence-corrected chi connectivity index (χ3v) is 3.43. The number of carbonyl (C=O) groups is 2. The smallest absolute Gasteiger partial charge is 0.548 e. The van der Waals surface area contributed by atoms with Gasteiger partial charge in [-0.15, -0.1) is 0 Å². The SMILES string of the molecule is CC(=CC(=O)Nc1ccc([N+](=O)[O-])cc1)N[C@@H](C(=O)[O-])c1ccccc1.[Na+]. The molecule has 1 atom stereocenters. The molecule has 0 aliphatic heterocycles. The van der Waals surface area contributed by atoms with Crippen molar-refractivity contribution in [2.45, 2.75) is 13.0 Å². The summed E-state index contributed by atoms with van der Waals surface area (Å²) in [6, 6.07) is 12.7. The number of nitro benzene ring substituents is 1. The van der Waals surface area contributed by atoms with Crippen LogP contribution < -0.4 is 45.3 Å². The van der Waals surface area contributed by atoms with Gasteiger partial charge < -0.3 is 20.5 Å². The van der Waals surface area contributed by atoms with Gasteiger partial charge >= 0.3 is 29.6 Å². The number of nitro groups is 1. The molecule has 8 nitrogen and oxygen atoms in total. The molecule has 0 fully saturated rings. The number of hydrogen-bond donors (Lipinski definition) is 2. The molecule has 1 amide bonds. The number of amides is 1. The molecule has 0 bridgehead atoms. The molecule has 2 rings (SSSR count). The van der Waals surface area contributed by atoms with Gasteiger partial charge in [0.25, 0.3) is 5.69 Å². The Morgan fingerprint density at radius 3 is 2.19 bits per heavy atom. The molecule has 2 N–H and O–H groups in total. The summed E-state index contributed by atoms with van der Waals surface area (Å²) in [4.78, 5) is 33.4. The van der Waals surface area contributed by atoms with Crippen molar-refractivity contribution in [2.24, 2.45) is 0 Å². The van der Waals surface area contributed by atoms with E-state index in [0.29, 0.717) is 16.9 Å². The van der Waals surface area contributed by atoms with Crippen molar-refractivity contribution in [2.75, 3.05) is 5.32 Å². The van der Waals surface area contributed by atoms with Crippen molar-refractivity contribution >= 4 is 23.3 Å². The first-order chi connectivity index (χ1) is 12.4. The van der Waals surface area contributed by atoms with Crippen molar-refractivity contribution in [3.05, 3.63) is 82.0 Å². The molecule has 0 spiro atoms. The number of rotatable bonds is 7. The van der Waals surface area contributed by atoms with Crippen LogP contribution in [0.15, 0.2) is 66.4 Å². The molecule has 0 saturated heterocycles. The monoisotopic (exact) mass is 377 g/mol. The fourth-order valence-electron chi connectivity index (χ4n) is 2.23. The van der Waals surface area contributed by atoms with E-state index in [1.807, 2.05) is 0 Å². The van der Waals surface area contributed by atoms with Gasteiger partial charge in [0.05, 0.1) is 16.9 Å². The maximum atomic E-state index is 12.0. The summed E-state index contributed by atoms with van der Waals surface area (Å²) in [7, 11) is 0. The van der Waals surface area contributed by atoms with Gasteiger partial charge in [0.1, 0.15) is 0 Å². The number of non-ortho nitro benzene ring substituents is 1. The van der Waals surface area contributed by atoms with Gasteiger partial charge in [0, 0.05) is 29.6 Å². The third kappa shape index (κ3) is 6.86. The van der Waals surface area contributed by atoms with Crippen molar-refractivity contribution in [1.29, 1.82) is 0 Å². The van der Waals surface area contributed by atoms with Crippen molar-refractivity contribution in [3.63, 3.8) is 0 Å². The quantitative estimate of drug-likeness (QED) is 0.263. The summed E-state index contributed by atoms with van der Waals surface area (Å²) in [6.45, 7) is 1.55. The second kappa shape index (κ2) is 10.5. The van der Waals surface area contributed by atoms with Gasteiger partial charge in [0.15, 0.2) is 0 Å². The van der Waals surface area contributed by atoms with E-state index < -0.39 is 22.8 Å². The van der Waals surface area contributed by atoms with Gasteiger partial charge in [-0.3, -0.25) is 14.9 Å². The number of aliphatic carboxylic acids is 1. The zero-order chi connectivity index (χ0) is 19.1. The Bertz CT molecular complexity index is 838. The summed E-state index contributed by atoms with van der Waals surface area (Å²) in [5.74, 6) is -1.83. The first-order valence-corrected chi connectivity index (χ1v) is 7.63.